The molecule has 0 radical (unpaired) electrons. The van der Waals surface area contributed by atoms with Crippen LogP contribution in [0.25, 0.3) is 0 Å². The van der Waals surface area contributed by atoms with Crippen LogP contribution < -0.4 is 10.6 Å². The number of amides is 2. The molecule has 6 nitrogen and oxygen atoms in total. The van der Waals surface area contributed by atoms with Crippen molar-refractivity contribution in [3.05, 3.63) is 59.7 Å². The summed E-state index contributed by atoms with van der Waals surface area (Å²) in [5.41, 5.74) is 1.69. The van der Waals surface area contributed by atoms with E-state index >= 15 is 0 Å². The van der Waals surface area contributed by atoms with Crippen LogP contribution in [-0.4, -0.2) is 32.5 Å². The average Bonchev–Trinajstić information content (AvgIpc) is 2.59. The van der Waals surface area contributed by atoms with Gasteiger partial charge in [-0.2, -0.15) is 0 Å². The standard InChI is InChI=1S/C20H24N2O4S/c1-13(2)18(22-19(23)17-11-6-5-8-14(17)3)20(24)21-15-9-7-10-16(12-15)27(4,25)26/h5-13,18H,1-4H3,(H,21,24)(H,22,23)/t18-/m0/s1. The molecule has 2 amide bonds. The molecule has 27 heavy (non-hydrogen) atoms. The van der Waals surface area contributed by atoms with Crippen molar-refractivity contribution in [3.8, 4) is 0 Å². The molecule has 2 rings (SSSR count). The van der Waals surface area contributed by atoms with Gasteiger partial charge in [0, 0.05) is 17.5 Å². The van der Waals surface area contributed by atoms with Crippen LogP contribution in [0.2, 0.25) is 0 Å². The number of rotatable bonds is 6. The molecule has 2 aromatic carbocycles. The highest BCUT2D eigenvalue weighted by molar-refractivity contribution is 7.90. The molecule has 0 bridgehead atoms. The first-order chi connectivity index (χ1) is 12.6. The first-order valence-corrected chi connectivity index (χ1v) is 10.5. The molecule has 1 atom stereocenters. The lowest BCUT2D eigenvalue weighted by atomic mass is 10.0. The van der Waals surface area contributed by atoms with E-state index < -0.39 is 21.8 Å². The maximum absolute atomic E-state index is 12.7. The fourth-order valence-corrected chi connectivity index (χ4v) is 3.27. The van der Waals surface area contributed by atoms with Crippen LogP contribution in [0, 0.1) is 12.8 Å². The summed E-state index contributed by atoms with van der Waals surface area (Å²) in [6, 6.07) is 12.4. The second-order valence-electron chi connectivity index (χ2n) is 6.80. The molecule has 0 unspecified atom stereocenters. The Hall–Kier alpha value is -2.67. The maximum Gasteiger partial charge on any atom is 0.252 e. The van der Waals surface area contributed by atoms with E-state index in [0.717, 1.165) is 11.8 Å². The van der Waals surface area contributed by atoms with Crippen molar-refractivity contribution in [2.45, 2.75) is 31.7 Å². The summed E-state index contributed by atoms with van der Waals surface area (Å²) in [5.74, 6) is -0.888. The Morgan fingerprint density at radius 3 is 2.26 bits per heavy atom. The third kappa shape index (κ3) is 5.40. The third-order valence-corrected chi connectivity index (χ3v) is 5.27. The van der Waals surface area contributed by atoms with E-state index in [1.54, 1.807) is 24.3 Å². The largest absolute Gasteiger partial charge is 0.340 e. The van der Waals surface area contributed by atoms with Gasteiger partial charge >= 0.3 is 0 Å². The van der Waals surface area contributed by atoms with E-state index in [2.05, 4.69) is 10.6 Å². The Bertz CT molecular complexity index is 952. The van der Waals surface area contributed by atoms with Crippen molar-refractivity contribution in [2.24, 2.45) is 5.92 Å². The molecule has 0 aliphatic carbocycles. The zero-order valence-electron chi connectivity index (χ0n) is 15.8. The lowest BCUT2D eigenvalue weighted by Gasteiger charge is -2.22. The van der Waals surface area contributed by atoms with Gasteiger partial charge in [-0.05, 0) is 42.7 Å². The van der Waals surface area contributed by atoms with Gasteiger partial charge in [0.1, 0.15) is 6.04 Å². The molecule has 144 valence electrons. The predicted octanol–water partition coefficient (Wildman–Crippen LogP) is 2.79. The Balaban J connectivity index is 2.18. The van der Waals surface area contributed by atoms with Crippen LogP contribution in [0.1, 0.15) is 29.8 Å². The lowest BCUT2D eigenvalue weighted by molar-refractivity contribution is -0.118. The number of benzene rings is 2. The molecule has 0 aliphatic rings. The quantitative estimate of drug-likeness (QED) is 0.796. The molecule has 0 aromatic heterocycles. The van der Waals surface area contributed by atoms with Gasteiger partial charge in [0.05, 0.1) is 4.90 Å². The van der Waals surface area contributed by atoms with Crippen LogP contribution in [-0.2, 0) is 14.6 Å². The molecule has 7 heteroatoms. The van der Waals surface area contributed by atoms with Crippen LogP contribution in [0.4, 0.5) is 5.69 Å². The van der Waals surface area contributed by atoms with E-state index in [4.69, 9.17) is 0 Å². The van der Waals surface area contributed by atoms with Crippen molar-refractivity contribution in [3.63, 3.8) is 0 Å². The van der Waals surface area contributed by atoms with Crippen LogP contribution in [0.3, 0.4) is 0 Å². The van der Waals surface area contributed by atoms with Crippen LogP contribution in [0.15, 0.2) is 53.4 Å². The van der Waals surface area contributed by atoms with E-state index in [1.165, 1.54) is 12.1 Å². The van der Waals surface area contributed by atoms with E-state index in [1.807, 2.05) is 32.9 Å². The molecule has 0 saturated heterocycles. The highest BCUT2D eigenvalue weighted by Gasteiger charge is 2.25. The predicted molar refractivity (Wildman–Crippen MR) is 105 cm³/mol. The van der Waals surface area contributed by atoms with E-state index in [0.29, 0.717) is 11.3 Å². The summed E-state index contributed by atoms with van der Waals surface area (Å²) in [5, 5.41) is 5.46. The highest BCUT2D eigenvalue weighted by atomic mass is 32.2. The van der Waals surface area contributed by atoms with Crippen molar-refractivity contribution >= 4 is 27.3 Å². The first-order valence-electron chi connectivity index (χ1n) is 8.57. The first kappa shape index (κ1) is 20.6. The topological polar surface area (TPSA) is 92.3 Å². The molecule has 0 fully saturated rings. The number of nitrogens with one attached hydrogen (secondary N) is 2. The Kier molecular flexibility index (Phi) is 6.38. The molecule has 0 heterocycles. The fourth-order valence-electron chi connectivity index (χ4n) is 2.61. The van der Waals surface area contributed by atoms with Crippen LogP contribution >= 0.6 is 0 Å². The van der Waals surface area contributed by atoms with Crippen molar-refractivity contribution in [1.29, 1.82) is 0 Å². The van der Waals surface area contributed by atoms with Crippen molar-refractivity contribution in [2.75, 3.05) is 11.6 Å². The smallest absolute Gasteiger partial charge is 0.252 e. The van der Waals surface area contributed by atoms with Gasteiger partial charge in [-0.15, -0.1) is 0 Å². The number of hydrogen-bond acceptors (Lipinski definition) is 4. The Morgan fingerprint density at radius 2 is 1.67 bits per heavy atom. The minimum absolute atomic E-state index is 0.116. The van der Waals surface area contributed by atoms with Gasteiger partial charge in [-0.1, -0.05) is 38.1 Å². The van der Waals surface area contributed by atoms with Gasteiger partial charge in [-0.25, -0.2) is 8.42 Å². The van der Waals surface area contributed by atoms with Gasteiger partial charge < -0.3 is 10.6 Å². The summed E-state index contributed by atoms with van der Waals surface area (Å²) < 4.78 is 23.4. The van der Waals surface area contributed by atoms with Gasteiger partial charge in [0.2, 0.25) is 5.91 Å². The molecular formula is C20H24N2O4S. The number of carbonyl (C=O) groups excluding carboxylic acids is 2. The van der Waals surface area contributed by atoms with Crippen molar-refractivity contribution < 1.29 is 18.0 Å². The SMILES string of the molecule is Cc1ccccc1C(=O)N[C@H](C(=O)Nc1cccc(S(C)(=O)=O)c1)C(C)C. The lowest BCUT2D eigenvalue weighted by Crippen LogP contribution is -2.47. The van der Waals surface area contributed by atoms with E-state index in [-0.39, 0.29) is 16.7 Å². The van der Waals surface area contributed by atoms with Gasteiger partial charge in [0.15, 0.2) is 9.84 Å². The van der Waals surface area contributed by atoms with Gasteiger partial charge in [-0.3, -0.25) is 9.59 Å². The highest BCUT2D eigenvalue weighted by Crippen LogP contribution is 2.17. The minimum atomic E-state index is -3.38. The number of sulfone groups is 1. The molecule has 0 aliphatic heterocycles. The van der Waals surface area contributed by atoms with Crippen LogP contribution in [0.5, 0.6) is 0 Å². The molecule has 2 N–H and O–H groups in total. The van der Waals surface area contributed by atoms with Gasteiger partial charge in [0.25, 0.3) is 5.91 Å². The second-order valence-corrected chi connectivity index (χ2v) is 8.82. The van der Waals surface area contributed by atoms with E-state index in [9.17, 15) is 18.0 Å². The summed E-state index contributed by atoms with van der Waals surface area (Å²) in [7, 11) is -3.38. The second kappa shape index (κ2) is 8.35. The minimum Gasteiger partial charge on any atom is -0.340 e. The summed E-state index contributed by atoms with van der Waals surface area (Å²) in [6.07, 6.45) is 1.10. The Morgan fingerprint density at radius 1 is 1.00 bits per heavy atom. The summed E-state index contributed by atoms with van der Waals surface area (Å²) in [6.45, 7) is 5.49. The number of anilines is 1. The molecule has 2 aromatic rings. The zero-order chi connectivity index (χ0) is 20.2. The zero-order valence-corrected chi connectivity index (χ0v) is 16.6. The summed E-state index contributed by atoms with van der Waals surface area (Å²) >= 11 is 0. The number of aryl methyl sites for hydroxylation is 1. The molecular weight excluding hydrogens is 364 g/mol. The molecule has 0 spiro atoms. The average molecular weight is 388 g/mol. The monoisotopic (exact) mass is 388 g/mol. The number of carbonyl (C=O) groups is 2. The molecule has 0 saturated carbocycles. The van der Waals surface area contributed by atoms with Crippen molar-refractivity contribution in [1.82, 2.24) is 5.32 Å². The summed E-state index contributed by atoms with van der Waals surface area (Å²) in [4.78, 5) is 25.4. The Labute approximate surface area is 159 Å². The maximum atomic E-state index is 12.7. The fraction of sp³-hybridized carbons (Fsp3) is 0.300. The number of hydrogen-bond donors (Lipinski definition) is 2. The normalized spacial score (nSPS) is 12.5. The third-order valence-electron chi connectivity index (χ3n) is 4.16.